The fourth-order valence-corrected chi connectivity index (χ4v) is 0.914. The molecule has 0 aromatic heterocycles. The Morgan fingerprint density at radius 1 is 2.00 bits per heavy atom. The molecule has 3 nitrogen and oxygen atoms in total. The Hall–Kier alpha value is 0.510. The highest BCUT2D eigenvalue weighted by atomic mass is 35.5. The van der Waals surface area contributed by atoms with Gasteiger partial charge < -0.3 is 0 Å². The van der Waals surface area contributed by atoms with Gasteiger partial charge in [0.2, 0.25) is 8.96 Å². The lowest BCUT2D eigenvalue weighted by Gasteiger charge is -2.02. The van der Waals surface area contributed by atoms with E-state index >= 15 is 0 Å². The zero-order chi connectivity index (χ0) is 6.78. The molecule has 8 heavy (non-hydrogen) atoms. The summed E-state index contributed by atoms with van der Waals surface area (Å²) in [5.74, 6) is 0. The molecule has 1 unspecified atom stereocenters. The van der Waals surface area contributed by atoms with Gasteiger partial charge in [-0.2, -0.15) is 0 Å². The zero-order valence-corrected chi connectivity index (χ0v) is 5.97. The van der Waals surface area contributed by atoms with E-state index < -0.39 is 19.5 Å². The summed E-state index contributed by atoms with van der Waals surface area (Å²) in [6.45, 7) is 0. The molecule has 0 saturated heterocycles. The molecule has 0 radical (unpaired) electrons. The van der Waals surface area contributed by atoms with Gasteiger partial charge in [-0.25, -0.2) is 4.21 Å². The van der Waals surface area contributed by atoms with Gasteiger partial charge in [-0.1, -0.05) is 0 Å². The molecule has 0 spiro atoms. The van der Waals surface area contributed by atoms with Gasteiger partial charge in [-0.3, -0.25) is 4.55 Å². The summed E-state index contributed by atoms with van der Waals surface area (Å²) in [6.07, 6.45) is 0. The molecular formula is CH3ClFNO2S2. The Kier molecular flexibility index (Phi) is 3.07. The van der Waals surface area contributed by atoms with Gasteiger partial charge in [0.1, 0.15) is 6.00 Å². The van der Waals surface area contributed by atoms with Gasteiger partial charge in [0.15, 0.2) is 0 Å². The molecule has 0 aliphatic carbocycles. The van der Waals surface area contributed by atoms with Crippen molar-refractivity contribution in [2.45, 2.75) is 0 Å². The Morgan fingerprint density at radius 2 is 2.38 bits per heavy atom. The van der Waals surface area contributed by atoms with E-state index in [0.29, 0.717) is 0 Å². The second-order valence-electron chi connectivity index (χ2n) is 0.885. The van der Waals surface area contributed by atoms with E-state index in [2.05, 4.69) is 11.2 Å². The van der Waals surface area contributed by atoms with E-state index in [9.17, 15) is 8.69 Å². The maximum atomic E-state index is 11.7. The second kappa shape index (κ2) is 2.88. The van der Waals surface area contributed by atoms with Crippen molar-refractivity contribution in [1.29, 1.82) is 0 Å². The molecular weight excluding hydrogens is 177 g/mol. The molecule has 0 aliphatic rings. The standard InChI is InChI=1S/CH3ClFNO2S2/c2-1-4(3)8(5,6)7/h1H2,(H,5,6,7). The van der Waals surface area contributed by atoms with E-state index in [1.54, 1.807) is 0 Å². The van der Waals surface area contributed by atoms with Crippen LogP contribution in [0.2, 0.25) is 0 Å². The molecule has 0 aromatic rings. The number of hydrogen-bond donors (Lipinski definition) is 1. The van der Waals surface area contributed by atoms with Crippen LogP contribution in [0.3, 0.4) is 0 Å². The maximum absolute atomic E-state index is 11.7. The van der Waals surface area contributed by atoms with Gasteiger partial charge in [0, 0.05) is 11.2 Å². The summed E-state index contributed by atoms with van der Waals surface area (Å²) in [6, 6.07) is -0.696. The average Bonchev–Trinajstić information content (AvgIpc) is 1.62. The van der Waals surface area contributed by atoms with Gasteiger partial charge in [-0.05, 0) is 4.53 Å². The van der Waals surface area contributed by atoms with Crippen LogP contribution in [0.15, 0.2) is 0 Å². The van der Waals surface area contributed by atoms with Crippen LogP contribution in [0.5, 0.6) is 0 Å². The lowest BCUT2D eigenvalue weighted by atomic mass is 11.5. The fraction of sp³-hybridized carbons (Fsp3) is 1.00. The summed E-state index contributed by atoms with van der Waals surface area (Å²) in [5.41, 5.74) is 0. The largest absolute Gasteiger partial charge is 0.292 e. The third-order valence-electron chi connectivity index (χ3n) is 0.344. The highest BCUT2D eigenvalue weighted by molar-refractivity contribution is 8.28. The van der Waals surface area contributed by atoms with Crippen molar-refractivity contribution in [3.05, 3.63) is 0 Å². The van der Waals surface area contributed by atoms with E-state index in [-0.39, 0.29) is 0 Å². The van der Waals surface area contributed by atoms with Gasteiger partial charge >= 0.3 is 0 Å². The molecule has 0 rings (SSSR count). The smallest absolute Gasteiger partial charge is 0.237 e. The minimum absolute atomic E-state index is 0.524. The van der Waals surface area contributed by atoms with Crippen molar-refractivity contribution in [3.8, 4) is 0 Å². The number of halogens is 2. The SMILES string of the molecule is O=S(O)(=S)N(F)CCl. The Labute approximate surface area is 56.0 Å². The monoisotopic (exact) mass is 179 g/mol. The van der Waals surface area contributed by atoms with Crippen LogP contribution in [0.25, 0.3) is 0 Å². The van der Waals surface area contributed by atoms with Crippen LogP contribution in [-0.4, -0.2) is 19.3 Å². The van der Waals surface area contributed by atoms with Crippen molar-refractivity contribution in [2.75, 3.05) is 6.00 Å². The van der Waals surface area contributed by atoms with E-state index in [4.69, 9.17) is 16.2 Å². The highest BCUT2D eigenvalue weighted by Gasteiger charge is 2.10. The molecule has 0 heterocycles. The van der Waals surface area contributed by atoms with Crippen molar-refractivity contribution >= 4 is 31.7 Å². The molecule has 7 heteroatoms. The first-order valence-electron chi connectivity index (χ1n) is 1.45. The Balaban J connectivity index is 4.04. The summed E-state index contributed by atoms with van der Waals surface area (Å²) in [7, 11) is -3.88. The van der Waals surface area contributed by atoms with E-state index in [0.717, 1.165) is 0 Å². The quantitative estimate of drug-likeness (QED) is 0.381. The molecule has 50 valence electrons. The van der Waals surface area contributed by atoms with Crippen molar-refractivity contribution < 1.29 is 13.2 Å². The summed E-state index contributed by atoms with van der Waals surface area (Å²) in [4.78, 5) is 0. The topological polar surface area (TPSA) is 40.5 Å². The summed E-state index contributed by atoms with van der Waals surface area (Å²) < 4.78 is 29.2. The summed E-state index contributed by atoms with van der Waals surface area (Å²) >= 11 is 8.54. The van der Waals surface area contributed by atoms with E-state index in [1.807, 2.05) is 0 Å². The summed E-state index contributed by atoms with van der Waals surface area (Å²) in [5, 5.41) is 0. The fourth-order valence-electron chi connectivity index (χ4n) is 0.0617. The van der Waals surface area contributed by atoms with Crippen LogP contribution in [-0.2, 0) is 20.1 Å². The number of rotatable bonds is 2. The van der Waals surface area contributed by atoms with Crippen LogP contribution >= 0.6 is 11.6 Å². The normalized spacial score (nSPS) is 18.5. The van der Waals surface area contributed by atoms with Crippen LogP contribution < -0.4 is 0 Å². The number of nitrogens with zero attached hydrogens (tertiary/aromatic N) is 1. The molecule has 0 bridgehead atoms. The average molecular weight is 180 g/mol. The minimum Gasteiger partial charge on any atom is -0.292 e. The van der Waals surface area contributed by atoms with Crippen LogP contribution in [0, 0.1) is 0 Å². The van der Waals surface area contributed by atoms with E-state index in [1.165, 1.54) is 0 Å². The lowest BCUT2D eigenvalue weighted by molar-refractivity contribution is 0.162. The third-order valence-corrected chi connectivity index (χ3v) is 1.81. The first-order valence-corrected chi connectivity index (χ1v) is 4.38. The first kappa shape index (κ1) is 8.51. The minimum atomic E-state index is -3.88. The molecule has 0 aromatic carbocycles. The van der Waals surface area contributed by atoms with Crippen molar-refractivity contribution in [1.82, 2.24) is 4.53 Å². The van der Waals surface area contributed by atoms with Crippen molar-refractivity contribution in [2.24, 2.45) is 0 Å². The van der Waals surface area contributed by atoms with Gasteiger partial charge in [0.25, 0.3) is 0 Å². The van der Waals surface area contributed by atoms with Crippen LogP contribution in [0.1, 0.15) is 0 Å². The number of alkyl halides is 1. The zero-order valence-electron chi connectivity index (χ0n) is 3.58. The van der Waals surface area contributed by atoms with Crippen LogP contribution in [0.4, 0.5) is 4.48 Å². The molecule has 0 saturated carbocycles. The maximum Gasteiger partial charge on any atom is 0.237 e. The molecule has 0 amide bonds. The molecule has 1 N–H and O–H groups in total. The first-order chi connectivity index (χ1) is 3.48. The predicted octanol–water partition coefficient (Wildman–Crippen LogP) is 0.504. The number of hydrogen-bond acceptors (Lipinski definition) is 2. The third kappa shape index (κ3) is 2.73. The van der Waals surface area contributed by atoms with Crippen molar-refractivity contribution in [3.63, 3.8) is 0 Å². The molecule has 0 aliphatic heterocycles. The molecule has 1 atom stereocenters. The highest BCUT2D eigenvalue weighted by Crippen LogP contribution is 1.98. The van der Waals surface area contributed by atoms with Gasteiger partial charge in [-0.15, -0.1) is 16.1 Å². The molecule has 0 fully saturated rings. The predicted molar refractivity (Wildman–Crippen MR) is 31.8 cm³/mol. The lowest BCUT2D eigenvalue weighted by Crippen LogP contribution is -2.18. The second-order valence-corrected chi connectivity index (χ2v) is 3.72. The van der Waals surface area contributed by atoms with Gasteiger partial charge in [0.05, 0.1) is 0 Å². The Bertz CT molecular complexity index is 155. The Morgan fingerprint density at radius 3 is 2.38 bits per heavy atom.